The van der Waals surface area contributed by atoms with Crippen LogP contribution in [0.2, 0.25) is 0 Å². The molecule has 1 heterocycles. The molecule has 1 amide bonds. The average molecular weight is 450 g/mol. The Balaban J connectivity index is 1.32. The Morgan fingerprint density at radius 1 is 1.00 bits per heavy atom. The summed E-state index contributed by atoms with van der Waals surface area (Å²) in [6.45, 7) is 3.11. The van der Waals surface area contributed by atoms with E-state index in [1.807, 2.05) is 30.3 Å². The van der Waals surface area contributed by atoms with E-state index in [4.69, 9.17) is 15.2 Å². The highest BCUT2D eigenvalue weighted by Gasteiger charge is 2.39. The lowest BCUT2D eigenvalue weighted by molar-refractivity contribution is -0.00664. The van der Waals surface area contributed by atoms with Crippen LogP contribution in [0.25, 0.3) is 0 Å². The van der Waals surface area contributed by atoms with Crippen molar-refractivity contribution in [3.8, 4) is 0 Å². The average Bonchev–Trinajstić information content (AvgIpc) is 3.24. The van der Waals surface area contributed by atoms with Crippen molar-refractivity contribution in [2.75, 3.05) is 13.2 Å². The summed E-state index contributed by atoms with van der Waals surface area (Å²) in [6.07, 6.45) is 5.01. The lowest BCUT2D eigenvalue weighted by atomic mass is 9.83. The van der Waals surface area contributed by atoms with Gasteiger partial charge in [-0.2, -0.15) is 0 Å². The van der Waals surface area contributed by atoms with Crippen molar-refractivity contribution in [3.05, 3.63) is 71.8 Å². The second kappa shape index (κ2) is 11.3. The lowest BCUT2D eigenvalue weighted by Gasteiger charge is -2.32. The maximum Gasteiger partial charge on any atom is 0.410 e. The van der Waals surface area contributed by atoms with Gasteiger partial charge in [0.25, 0.3) is 0 Å². The van der Waals surface area contributed by atoms with Crippen LogP contribution < -0.4 is 5.73 Å². The molecular formula is C27H35N3O3. The molecule has 4 rings (SSSR count). The van der Waals surface area contributed by atoms with Crippen molar-refractivity contribution in [1.82, 2.24) is 4.90 Å². The molecule has 2 aliphatic rings. The molecule has 2 atom stereocenters. The zero-order chi connectivity index (χ0) is 23.0. The van der Waals surface area contributed by atoms with Gasteiger partial charge in [0, 0.05) is 6.54 Å². The van der Waals surface area contributed by atoms with Crippen LogP contribution in [0.4, 0.5) is 4.79 Å². The van der Waals surface area contributed by atoms with Crippen LogP contribution in [0.5, 0.6) is 0 Å². The normalized spacial score (nSPS) is 25.7. The summed E-state index contributed by atoms with van der Waals surface area (Å²) in [5.41, 5.74) is 8.27. The van der Waals surface area contributed by atoms with Gasteiger partial charge >= 0.3 is 6.09 Å². The van der Waals surface area contributed by atoms with Gasteiger partial charge in [-0.25, -0.2) is 4.79 Å². The molecule has 6 nitrogen and oxygen atoms in total. The van der Waals surface area contributed by atoms with Crippen molar-refractivity contribution in [2.45, 2.75) is 69.7 Å². The van der Waals surface area contributed by atoms with Crippen molar-refractivity contribution in [3.63, 3.8) is 0 Å². The standard InChI is InChI=1S/C27H35N3O3/c1-20(28)29-25-16-17-30(27(31)33-18-21-8-4-2-5-9-21)26(25)19-32-24-14-12-23(13-15-24)22-10-6-3-7-11-22/h2-11,23-26H,12-19H2,1H3,(H2,28,29)/t23?,24?,25-,26-/m0/s1. The summed E-state index contributed by atoms with van der Waals surface area (Å²) in [7, 11) is 0. The fourth-order valence-corrected chi connectivity index (χ4v) is 5.00. The first kappa shape index (κ1) is 23.3. The van der Waals surface area contributed by atoms with Crippen LogP contribution >= 0.6 is 0 Å². The predicted octanol–water partition coefficient (Wildman–Crippen LogP) is 4.89. The number of hydrogen-bond donors (Lipinski definition) is 1. The summed E-state index contributed by atoms with van der Waals surface area (Å²) in [6, 6.07) is 20.3. The smallest absolute Gasteiger partial charge is 0.410 e. The fraction of sp³-hybridized carbons (Fsp3) is 0.481. The van der Waals surface area contributed by atoms with E-state index < -0.39 is 0 Å². The molecule has 0 unspecified atom stereocenters. The molecule has 0 spiro atoms. The van der Waals surface area contributed by atoms with Gasteiger partial charge < -0.3 is 20.1 Å². The van der Waals surface area contributed by atoms with Crippen LogP contribution in [-0.4, -0.2) is 48.2 Å². The zero-order valence-corrected chi connectivity index (χ0v) is 19.4. The molecule has 6 heteroatoms. The van der Waals surface area contributed by atoms with Crippen molar-refractivity contribution < 1.29 is 14.3 Å². The Hall–Kier alpha value is -2.86. The van der Waals surface area contributed by atoms with Gasteiger partial charge in [-0.3, -0.25) is 4.99 Å². The van der Waals surface area contributed by atoms with E-state index in [1.165, 1.54) is 5.56 Å². The molecule has 1 saturated carbocycles. The third-order valence-corrected chi connectivity index (χ3v) is 6.77. The second-order valence-corrected chi connectivity index (χ2v) is 9.15. The maximum atomic E-state index is 12.9. The molecular weight excluding hydrogens is 414 g/mol. The van der Waals surface area contributed by atoms with Gasteiger partial charge in [0.1, 0.15) is 6.61 Å². The van der Waals surface area contributed by atoms with E-state index in [2.05, 4.69) is 35.3 Å². The minimum absolute atomic E-state index is 0.0556. The third kappa shape index (κ3) is 6.35. The predicted molar refractivity (Wildman–Crippen MR) is 130 cm³/mol. The van der Waals surface area contributed by atoms with Crippen LogP contribution in [-0.2, 0) is 16.1 Å². The third-order valence-electron chi connectivity index (χ3n) is 6.77. The van der Waals surface area contributed by atoms with Crippen LogP contribution in [0, 0.1) is 0 Å². The number of carbonyl (C=O) groups excluding carboxylic acids is 1. The summed E-state index contributed by atoms with van der Waals surface area (Å²) < 4.78 is 11.9. The topological polar surface area (TPSA) is 77.2 Å². The maximum absolute atomic E-state index is 12.9. The van der Waals surface area contributed by atoms with Gasteiger partial charge in [0.15, 0.2) is 0 Å². The molecule has 33 heavy (non-hydrogen) atoms. The van der Waals surface area contributed by atoms with Gasteiger partial charge in [0.2, 0.25) is 0 Å². The summed E-state index contributed by atoms with van der Waals surface area (Å²) >= 11 is 0. The summed E-state index contributed by atoms with van der Waals surface area (Å²) in [5, 5.41) is 0. The van der Waals surface area contributed by atoms with E-state index in [1.54, 1.807) is 11.8 Å². The number of benzene rings is 2. The van der Waals surface area contributed by atoms with Crippen molar-refractivity contribution >= 4 is 11.9 Å². The quantitative estimate of drug-likeness (QED) is 0.482. The monoisotopic (exact) mass is 449 g/mol. The first-order valence-electron chi connectivity index (χ1n) is 12.0. The highest BCUT2D eigenvalue weighted by atomic mass is 16.6. The minimum atomic E-state index is -0.312. The zero-order valence-electron chi connectivity index (χ0n) is 19.4. The number of hydrogen-bond acceptors (Lipinski definition) is 4. The van der Waals surface area contributed by atoms with E-state index in [9.17, 15) is 4.79 Å². The van der Waals surface area contributed by atoms with Crippen LogP contribution in [0.1, 0.15) is 56.1 Å². The molecule has 1 aliphatic heterocycles. The number of aliphatic imine (C=N–C) groups is 1. The number of likely N-dealkylation sites (tertiary alicyclic amines) is 1. The number of rotatable bonds is 7. The number of amides is 1. The highest BCUT2D eigenvalue weighted by Crippen LogP contribution is 2.34. The highest BCUT2D eigenvalue weighted by molar-refractivity contribution is 5.77. The summed E-state index contributed by atoms with van der Waals surface area (Å²) in [5.74, 6) is 1.15. The first-order chi connectivity index (χ1) is 16.1. The largest absolute Gasteiger partial charge is 0.445 e. The molecule has 1 saturated heterocycles. The van der Waals surface area contributed by atoms with Crippen molar-refractivity contribution in [2.24, 2.45) is 10.7 Å². The SMILES string of the molecule is CC(N)=N[C@H]1CCN(C(=O)OCc2ccccc2)[C@H]1COC1CCC(c2ccccc2)CC1. The van der Waals surface area contributed by atoms with Gasteiger partial charge in [-0.05, 0) is 56.1 Å². The molecule has 0 bridgehead atoms. The van der Waals surface area contributed by atoms with E-state index in [0.717, 1.165) is 37.7 Å². The molecule has 1 aliphatic carbocycles. The number of nitrogens with two attached hydrogens (primary N) is 1. The number of carbonyl (C=O) groups is 1. The molecule has 2 N–H and O–H groups in total. The molecule has 0 radical (unpaired) electrons. The summed E-state index contributed by atoms with van der Waals surface area (Å²) in [4.78, 5) is 19.2. The van der Waals surface area contributed by atoms with E-state index in [-0.39, 0.29) is 30.9 Å². The molecule has 2 aromatic carbocycles. The Morgan fingerprint density at radius 2 is 1.67 bits per heavy atom. The second-order valence-electron chi connectivity index (χ2n) is 9.15. The number of ether oxygens (including phenoxy) is 2. The fourth-order valence-electron chi connectivity index (χ4n) is 5.00. The molecule has 2 aromatic rings. The molecule has 176 valence electrons. The van der Waals surface area contributed by atoms with E-state index >= 15 is 0 Å². The van der Waals surface area contributed by atoms with Crippen LogP contribution in [0.15, 0.2) is 65.7 Å². The molecule has 0 aromatic heterocycles. The van der Waals surface area contributed by atoms with Gasteiger partial charge in [0.05, 0.1) is 30.6 Å². The minimum Gasteiger partial charge on any atom is -0.445 e. The van der Waals surface area contributed by atoms with Gasteiger partial charge in [-0.15, -0.1) is 0 Å². The Kier molecular flexibility index (Phi) is 8.00. The van der Waals surface area contributed by atoms with Crippen molar-refractivity contribution in [1.29, 1.82) is 0 Å². The van der Waals surface area contributed by atoms with Gasteiger partial charge in [-0.1, -0.05) is 60.7 Å². The Labute approximate surface area is 196 Å². The number of nitrogens with zero attached hydrogens (tertiary/aromatic N) is 2. The lowest BCUT2D eigenvalue weighted by Crippen LogP contribution is -2.43. The number of amidine groups is 1. The molecule has 2 fully saturated rings. The van der Waals surface area contributed by atoms with E-state index in [0.29, 0.717) is 24.9 Å². The Morgan fingerprint density at radius 3 is 2.33 bits per heavy atom. The Bertz CT molecular complexity index is 907. The first-order valence-corrected chi connectivity index (χ1v) is 12.0. The van der Waals surface area contributed by atoms with Crippen LogP contribution in [0.3, 0.4) is 0 Å².